The molecule has 90 heavy (non-hydrogen) atoms. The zero-order valence-corrected chi connectivity index (χ0v) is 47.7. The number of carboxylic acids is 5. The fourth-order valence-electron chi connectivity index (χ4n) is 3.36. The Kier molecular flexibility index (Phi) is 73.0. The van der Waals surface area contributed by atoms with Crippen LogP contribution < -0.4 is 0 Å². The monoisotopic (exact) mass is 1330 g/mol. The summed E-state index contributed by atoms with van der Waals surface area (Å²) in [5.41, 5.74) is 0. The highest BCUT2D eigenvalue weighted by atomic mass is 17.2. The van der Waals surface area contributed by atoms with Gasteiger partial charge in [0, 0.05) is 0 Å². The van der Waals surface area contributed by atoms with E-state index in [0.29, 0.717) is 0 Å². The summed E-state index contributed by atoms with van der Waals surface area (Å²) in [6.45, 7) is -1.96. The standard InChI is InChI=1S/C10H16O10.2C9H14O9.2C8H12O9/c11-7-17-8-20-19-4-3-15-1-2-16-6-10(14)18-5-9(12)13;1-7(2-17-18-6-14-5-10)15-4-9(13)16-3-8(11)12;1-7(9(13)16-4-8(11)12)15-2-3-17-18-6-14-5-10;2*9-5-14-6-17-16-2-1-13-4-8(12)15-3-7(10)11/h7H,1-6,8H2,(H,12,13);2*5,7H,2-4,6H2,1H3,(H,11,12);2*5H,1-4,6H2,(H,10,11). The Morgan fingerprint density at radius 1 is 0.300 bits per heavy atom. The molecule has 2 unspecified atom stereocenters. The molecule has 2 atom stereocenters. The molecule has 0 aliphatic carbocycles. The number of carbonyl (C=O) groups excluding carboxylic acids is 10. The number of ether oxygens (including phenoxy) is 16. The highest BCUT2D eigenvalue weighted by Crippen LogP contribution is 1.97. The molecule has 0 radical (unpaired) electrons. The summed E-state index contributed by atoms with van der Waals surface area (Å²) in [4.78, 5) is 198. The van der Waals surface area contributed by atoms with E-state index in [0.717, 1.165) is 0 Å². The molecule has 46 heteroatoms. The molecule has 0 aromatic heterocycles. The van der Waals surface area contributed by atoms with Gasteiger partial charge < -0.3 is 101 Å². The molecule has 0 saturated carbocycles. The molecule has 46 nitrogen and oxygen atoms in total. The molecule has 0 rings (SSSR count). The van der Waals surface area contributed by atoms with Gasteiger partial charge in [-0.1, -0.05) is 0 Å². The lowest BCUT2D eigenvalue weighted by Crippen LogP contribution is -2.27. The van der Waals surface area contributed by atoms with Crippen LogP contribution in [0.3, 0.4) is 0 Å². The van der Waals surface area contributed by atoms with Crippen LogP contribution in [0.1, 0.15) is 13.8 Å². The van der Waals surface area contributed by atoms with Crippen molar-refractivity contribution in [2.75, 3.05) is 166 Å². The van der Waals surface area contributed by atoms with Gasteiger partial charge >= 0.3 is 59.7 Å². The van der Waals surface area contributed by atoms with E-state index in [-0.39, 0.29) is 159 Å². The second kappa shape index (κ2) is 72.9. The van der Waals surface area contributed by atoms with Crippen LogP contribution in [0.4, 0.5) is 0 Å². The molecule has 520 valence electrons. The number of aliphatic carboxylic acids is 5. The summed E-state index contributed by atoms with van der Waals surface area (Å²) in [6.07, 6.45) is -1.40. The SMILES string of the molecule is CC(COOCOC=O)OCC(=O)OCC(=O)O.CC(OCCOOCOC=O)C(=O)OCC(=O)O.O=COCOOCCOCC(=O)OCC(=O)O.O=COCOOCCOCC(=O)OCC(=O)O.O=COCOOCCOCCOCC(=O)OCC(=O)O. The number of esters is 5. The third-order valence-corrected chi connectivity index (χ3v) is 6.72. The van der Waals surface area contributed by atoms with Gasteiger partial charge in [-0.05, 0) is 13.8 Å². The molecule has 0 fully saturated rings. The van der Waals surface area contributed by atoms with Gasteiger partial charge in [0.05, 0.1) is 45.7 Å². The molecule has 5 N–H and O–H groups in total. The molecule has 0 aromatic rings. The van der Waals surface area contributed by atoms with Crippen molar-refractivity contribution in [3.8, 4) is 0 Å². The molecular weight excluding hydrogens is 1260 g/mol. The maximum atomic E-state index is 11.1. The lowest BCUT2D eigenvalue weighted by atomic mass is 10.4. The van der Waals surface area contributed by atoms with Crippen molar-refractivity contribution < 1.29 is 222 Å². The zero-order chi connectivity index (χ0) is 68.5. The van der Waals surface area contributed by atoms with E-state index < -0.39 is 112 Å². The van der Waals surface area contributed by atoms with Crippen LogP contribution in [0.2, 0.25) is 0 Å². The van der Waals surface area contributed by atoms with Crippen molar-refractivity contribution in [3.05, 3.63) is 0 Å². The lowest BCUT2D eigenvalue weighted by molar-refractivity contribution is -0.337. The Morgan fingerprint density at radius 3 is 0.889 bits per heavy atom. The number of hydrogen-bond acceptors (Lipinski definition) is 41. The second-order valence-electron chi connectivity index (χ2n) is 13.7. The van der Waals surface area contributed by atoms with Gasteiger partial charge in [0.15, 0.2) is 39.1 Å². The van der Waals surface area contributed by atoms with Crippen molar-refractivity contribution in [2.45, 2.75) is 26.1 Å². The topological polar surface area (TPSA) is 597 Å². The van der Waals surface area contributed by atoms with E-state index in [1.54, 1.807) is 6.92 Å². The Labute approximate surface area is 505 Å². The summed E-state index contributed by atoms with van der Waals surface area (Å²) < 4.78 is 71.6. The van der Waals surface area contributed by atoms with Crippen molar-refractivity contribution in [3.63, 3.8) is 0 Å². The van der Waals surface area contributed by atoms with Crippen LogP contribution >= 0.6 is 0 Å². The highest BCUT2D eigenvalue weighted by Gasteiger charge is 2.16. The molecule has 0 heterocycles. The van der Waals surface area contributed by atoms with Gasteiger partial charge in [0.25, 0.3) is 32.4 Å². The first kappa shape index (κ1) is 90.2. The average molecular weight is 1330 g/mol. The summed E-state index contributed by atoms with van der Waals surface area (Å²) >= 11 is 0. The minimum absolute atomic E-state index is 0.00122. The number of carbonyl (C=O) groups is 15. The Balaban J connectivity index is -0.000000335. The fourth-order valence-corrected chi connectivity index (χ4v) is 3.36. The minimum atomic E-state index is -1.25. The molecular formula is C44H68O46. The van der Waals surface area contributed by atoms with Crippen molar-refractivity contribution in [2.24, 2.45) is 0 Å². The van der Waals surface area contributed by atoms with E-state index in [1.807, 2.05) is 0 Å². The normalized spacial score (nSPS) is 10.5. The molecule has 0 spiro atoms. The lowest BCUT2D eigenvalue weighted by Gasteiger charge is -2.11. The van der Waals surface area contributed by atoms with E-state index in [4.69, 9.17) is 54.0 Å². The van der Waals surface area contributed by atoms with Gasteiger partial charge in [-0.25, -0.2) is 72.4 Å². The summed E-state index contributed by atoms with van der Waals surface area (Å²) in [6, 6.07) is 0. The average Bonchev–Trinajstić information content (AvgIpc) is 3.73. The van der Waals surface area contributed by atoms with Crippen LogP contribution in [0.25, 0.3) is 0 Å². The van der Waals surface area contributed by atoms with Crippen molar-refractivity contribution in [1.29, 1.82) is 0 Å². The van der Waals surface area contributed by atoms with Gasteiger partial charge in [0.1, 0.15) is 59.5 Å². The van der Waals surface area contributed by atoms with E-state index in [2.05, 4.69) is 96.2 Å². The first-order valence-corrected chi connectivity index (χ1v) is 24.0. The summed E-state index contributed by atoms with van der Waals surface area (Å²) in [5.74, 6) is -10.2. The Morgan fingerprint density at radius 2 is 0.567 bits per heavy atom. The van der Waals surface area contributed by atoms with Crippen LogP contribution in [0.15, 0.2) is 0 Å². The van der Waals surface area contributed by atoms with Gasteiger partial charge in [-0.3, -0.25) is 24.0 Å². The van der Waals surface area contributed by atoms with Crippen LogP contribution in [-0.2, 0) is 197 Å². The van der Waals surface area contributed by atoms with Gasteiger partial charge in [-0.2, -0.15) is 24.4 Å². The Bertz CT molecular complexity index is 1850. The first-order chi connectivity index (χ1) is 43.1. The molecule has 0 amide bonds. The van der Waals surface area contributed by atoms with Crippen LogP contribution in [0, 0.1) is 0 Å². The van der Waals surface area contributed by atoms with E-state index >= 15 is 0 Å². The predicted octanol–water partition coefficient (Wildman–Crippen LogP) is -5.66. The molecule has 0 aliphatic heterocycles. The molecule has 0 aliphatic rings. The third kappa shape index (κ3) is 88.2. The van der Waals surface area contributed by atoms with E-state index in [1.165, 1.54) is 6.92 Å². The summed E-state index contributed by atoms with van der Waals surface area (Å²) in [5, 5.41) is 41.1. The second-order valence-corrected chi connectivity index (χ2v) is 13.7. The Hall–Kier alpha value is -8.59. The van der Waals surface area contributed by atoms with E-state index in [9.17, 15) is 71.9 Å². The minimum Gasteiger partial charge on any atom is -0.479 e. The summed E-state index contributed by atoms with van der Waals surface area (Å²) in [7, 11) is 0. The number of carboxylic acid groups (broad SMARTS) is 5. The van der Waals surface area contributed by atoms with Gasteiger partial charge in [0.2, 0.25) is 34.0 Å². The quantitative estimate of drug-likeness (QED) is 0.00721. The molecule has 0 bridgehead atoms. The van der Waals surface area contributed by atoms with Crippen LogP contribution in [0.5, 0.6) is 0 Å². The maximum absolute atomic E-state index is 11.1. The van der Waals surface area contributed by atoms with Crippen molar-refractivity contribution >= 4 is 92.1 Å². The molecule has 0 saturated heterocycles. The number of rotatable bonds is 58. The maximum Gasteiger partial charge on any atom is 0.341 e. The van der Waals surface area contributed by atoms with Gasteiger partial charge in [-0.15, -0.1) is 0 Å². The van der Waals surface area contributed by atoms with Crippen molar-refractivity contribution in [1.82, 2.24) is 0 Å². The smallest absolute Gasteiger partial charge is 0.341 e. The highest BCUT2D eigenvalue weighted by molar-refractivity contribution is 5.78. The fraction of sp³-hybridized carbons (Fsp3) is 0.659. The predicted molar refractivity (Wildman–Crippen MR) is 262 cm³/mol. The number of hydrogen-bond donors (Lipinski definition) is 5. The molecule has 0 aromatic carbocycles. The zero-order valence-electron chi connectivity index (χ0n) is 47.7. The first-order valence-electron chi connectivity index (χ1n) is 24.0. The van der Waals surface area contributed by atoms with Crippen LogP contribution in [-0.4, -0.2) is 296 Å². The third-order valence-electron chi connectivity index (χ3n) is 6.72. The largest absolute Gasteiger partial charge is 0.479 e.